The average molecular weight is 287 g/mol. The van der Waals surface area contributed by atoms with Gasteiger partial charge in [-0.1, -0.05) is 50.6 Å². The number of nitrogens with zero attached hydrogens (tertiary/aromatic N) is 2. The molecule has 0 aliphatic rings. The van der Waals surface area contributed by atoms with Crippen LogP contribution in [-0.2, 0) is 11.3 Å². The Morgan fingerprint density at radius 3 is 2.48 bits per heavy atom. The first kappa shape index (κ1) is 17.0. The Bertz CT molecular complexity index is 531. The van der Waals surface area contributed by atoms with Crippen LogP contribution in [0.1, 0.15) is 38.6 Å². The lowest BCUT2D eigenvalue weighted by Crippen LogP contribution is -2.22. The first-order chi connectivity index (χ1) is 10.2. The third-order valence-corrected chi connectivity index (χ3v) is 3.00. The van der Waals surface area contributed by atoms with Gasteiger partial charge in [0.05, 0.1) is 18.4 Å². The van der Waals surface area contributed by atoms with E-state index in [9.17, 15) is 4.79 Å². The normalized spacial score (nSPS) is 9.71. The first-order valence-corrected chi connectivity index (χ1v) is 7.53. The Hall–Kier alpha value is -2.10. The highest BCUT2D eigenvalue weighted by atomic mass is 16.1. The minimum Gasteiger partial charge on any atom is -0.341 e. The summed E-state index contributed by atoms with van der Waals surface area (Å²) in [6.45, 7) is 9.40. The second-order valence-electron chi connectivity index (χ2n) is 4.69. The molecule has 0 bridgehead atoms. The molecule has 114 valence electrons. The molecule has 0 aliphatic carbocycles. The summed E-state index contributed by atoms with van der Waals surface area (Å²) >= 11 is 0. The number of aromatic nitrogens is 2. The van der Waals surface area contributed by atoms with Gasteiger partial charge in [0.25, 0.3) is 0 Å². The van der Waals surface area contributed by atoms with Crippen LogP contribution in [0.25, 0.3) is 11.3 Å². The third-order valence-electron chi connectivity index (χ3n) is 3.00. The Kier molecular flexibility index (Phi) is 7.23. The van der Waals surface area contributed by atoms with Crippen molar-refractivity contribution in [2.45, 2.75) is 40.7 Å². The largest absolute Gasteiger partial charge is 0.341 e. The quantitative estimate of drug-likeness (QED) is 0.822. The molecular formula is C17H25N3O. The van der Waals surface area contributed by atoms with Gasteiger partial charge in [0.2, 0.25) is 6.41 Å². The molecule has 0 aliphatic heterocycles. The smallest absolute Gasteiger partial charge is 0.210 e. The van der Waals surface area contributed by atoms with Crippen molar-refractivity contribution in [3.8, 4) is 11.3 Å². The number of amides is 1. The SMILES string of the molecule is CC.CCCN(C=O)Cc1ncc(-c2ccc(C)cc2)[nH]1. The third kappa shape index (κ3) is 5.06. The lowest BCUT2D eigenvalue weighted by Gasteiger charge is -2.13. The van der Waals surface area contributed by atoms with Crippen molar-refractivity contribution in [1.29, 1.82) is 0 Å². The summed E-state index contributed by atoms with van der Waals surface area (Å²) in [5.41, 5.74) is 3.33. The van der Waals surface area contributed by atoms with Crippen LogP contribution in [0.5, 0.6) is 0 Å². The summed E-state index contributed by atoms with van der Waals surface area (Å²) in [7, 11) is 0. The number of H-pyrrole nitrogens is 1. The van der Waals surface area contributed by atoms with Crippen LogP contribution in [0.2, 0.25) is 0 Å². The molecule has 1 N–H and O–H groups in total. The van der Waals surface area contributed by atoms with Crippen LogP contribution in [0, 0.1) is 6.92 Å². The van der Waals surface area contributed by atoms with E-state index < -0.39 is 0 Å². The van der Waals surface area contributed by atoms with Crippen LogP contribution < -0.4 is 0 Å². The summed E-state index contributed by atoms with van der Waals surface area (Å²) < 4.78 is 0. The molecule has 0 saturated carbocycles. The number of rotatable bonds is 6. The molecule has 0 saturated heterocycles. The van der Waals surface area contributed by atoms with Crippen LogP contribution in [0.4, 0.5) is 0 Å². The highest BCUT2D eigenvalue weighted by molar-refractivity contribution is 5.58. The molecule has 4 heteroatoms. The van der Waals surface area contributed by atoms with Gasteiger partial charge in [-0.05, 0) is 18.9 Å². The number of benzene rings is 1. The van der Waals surface area contributed by atoms with Gasteiger partial charge in [-0.25, -0.2) is 4.98 Å². The van der Waals surface area contributed by atoms with Crippen LogP contribution in [0.3, 0.4) is 0 Å². The zero-order valence-corrected chi connectivity index (χ0v) is 13.4. The molecule has 2 aromatic rings. The van der Waals surface area contributed by atoms with E-state index in [4.69, 9.17) is 0 Å². The minimum absolute atomic E-state index is 0.531. The number of imidazole rings is 1. The molecule has 1 amide bonds. The van der Waals surface area contributed by atoms with Gasteiger partial charge in [0.15, 0.2) is 0 Å². The minimum atomic E-state index is 0.531. The molecule has 0 atom stereocenters. The van der Waals surface area contributed by atoms with Crippen LogP contribution in [0.15, 0.2) is 30.5 Å². The molecule has 0 fully saturated rings. The Morgan fingerprint density at radius 2 is 1.90 bits per heavy atom. The van der Waals surface area contributed by atoms with E-state index >= 15 is 0 Å². The molecular weight excluding hydrogens is 262 g/mol. The second-order valence-corrected chi connectivity index (χ2v) is 4.69. The molecule has 1 heterocycles. The Balaban J connectivity index is 0.00000106. The van der Waals surface area contributed by atoms with Crippen molar-refractivity contribution >= 4 is 6.41 Å². The van der Waals surface area contributed by atoms with Crippen LogP contribution in [-0.4, -0.2) is 27.8 Å². The fraction of sp³-hybridized carbons (Fsp3) is 0.412. The maximum Gasteiger partial charge on any atom is 0.210 e. The fourth-order valence-electron chi connectivity index (χ4n) is 1.97. The standard InChI is InChI=1S/C15H19N3O.C2H6/c1-3-8-18(11-19)10-15-16-9-14(17-15)13-6-4-12(2)5-7-13;1-2/h4-7,9,11H,3,8,10H2,1-2H3,(H,16,17);1-2H3. The van der Waals surface area contributed by atoms with Crippen molar-refractivity contribution in [2.75, 3.05) is 6.54 Å². The molecule has 4 nitrogen and oxygen atoms in total. The maximum absolute atomic E-state index is 10.9. The molecule has 0 spiro atoms. The predicted octanol–water partition coefficient (Wildman–Crippen LogP) is 3.78. The van der Waals surface area contributed by atoms with Gasteiger partial charge in [-0.3, -0.25) is 4.79 Å². The average Bonchev–Trinajstić information content (AvgIpc) is 2.98. The van der Waals surface area contributed by atoms with Crippen molar-refractivity contribution in [3.63, 3.8) is 0 Å². The Labute approximate surface area is 127 Å². The number of hydrogen-bond acceptors (Lipinski definition) is 2. The summed E-state index contributed by atoms with van der Waals surface area (Å²) in [5.74, 6) is 0.816. The predicted molar refractivity (Wildman–Crippen MR) is 86.9 cm³/mol. The number of carbonyl (C=O) groups is 1. The van der Waals surface area contributed by atoms with E-state index in [2.05, 4.69) is 48.1 Å². The van der Waals surface area contributed by atoms with Crippen molar-refractivity contribution in [3.05, 3.63) is 41.9 Å². The zero-order chi connectivity index (χ0) is 15.7. The Morgan fingerprint density at radius 1 is 1.24 bits per heavy atom. The van der Waals surface area contributed by atoms with Gasteiger partial charge in [-0.15, -0.1) is 0 Å². The van der Waals surface area contributed by atoms with Gasteiger partial charge in [0.1, 0.15) is 5.82 Å². The molecule has 0 unspecified atom stereocenters. The van der Waals surface area contributed by atoms with E-state index in [1.807, 2.05) is 20.0 Å². The summed E-state index contributed by atoms with van der Waals surface area (Å²) in [6.07, 6.45) is 3.64. The van der Waals surface area contributed by atoms with Gasteiger partial charge in [-0.2, -0.15) is 0 Å². The molecule has 2 rings (SSSR count). The van der Waals surface area contributed by atoms with E-state index in [0.717, 1.165) is 36.5 Å². The van der Waals surface area contributed by atoms with E-state index in [-0.39, 0.29) is 0 Å². The molecule has 21 heavy (non-hydrogen) atoms. The zero-order valence-electron chi connectivity index (χ0n) is 13.4. The first-order valence-electron chi connectivity index (χ1n) is 7.53. The highest BCUT2D eigenvalue weighted by Gasteiger charge is 2.07. The monoisotopic (exact) mass is 287 g/mol. The summed E-state index contributed by atoms with van der Waals surface area (Å²) in [4.78, 5) is 20.2. The lowest BCUT2D eigenvalue weighted by atomic mass is 10.1. The number of hydrogen-bond donors (Lipinski definition) is 1. The highest BCUT2D eigenvalue weighted by Crippen LogP contribution is 2.17. The molecule has 1 aromatic carbocycles. The van der Waals surface area contributed by atoms with E-state index in [0.29, 0.717) is 6.54 Å². The fourth-order valence-corrected chi connectivity index (χ4v) is 1.97. The van der Waals surface area contributed by atoms with Crippen LogP contribution >= 0.6 is 0 Å². The van der Waals surface area contributed by atoms with Crippen molar-refractivity contribution < 1.29 is 4.79 Å². The molecule has 0 radical (unpaired) electrons. The van der Waals surface area contributed by atoms with E-state index in [1.165, 1.54) is 5.56 Å². The van der Waals surface area contributed by atoms with Crippen molar-refractivity contribution in [2.24, 2.45) is 0 Å². The topological polar surface area (TPSA) is 49.0 Å². The number of carbonyl (C=O) groups excluding carboxylic acids is 1. The van der Waals surface area contributed by atoms with Gasteiger partial charge in [0, 0.05) is 6.54 Å². The lowest BCUT2D eigenvalue weighted by molar-refractivity contribution is -0.118. The second kappa shape index (κ2) is 8.95. The molecule has 1 aromatic heterocycles. The van der Waals surface area contributed by atoms with E-state index in [1.54, 1.807) is 4.90 Å². The van der Waals surface area contributed by atoms with Gasteiger partial charge >= 0.3 is 0 Å². The number of aryl methyl sites for hydroxylation is 1. The van der Waals surface area contributed by atoms with Gasteiger partial charge < -0.3 is 9.88 Å². The summed E-state index contributed by atoms with van der Waals surface area (Å²) in [6, 6.07) is 8.28. The number of nitrogens with one attached hydrogen (secondary N) is 1. The maximum atomic E-state index is 10.9. The summed E-state index contributed by atoms with van der Waals surface area (Å²) in [5, 5.41) is 0. The number of aromatic amines is 1. The van der Waals surface area contributed by atoms with Crippen molar-refractivity contribution in [1.82, 2.24) is 14.9 Å².